The van der Waals surface area contributed by atoms with Crippen molar-refractivity contribution < 1.29 is 4.74 Å². The van der Waals surface area contributed by atoms with E-state index in [0.717, 1.165) is 21.9 Å². The van der Waals surface area contributed by atoms with Crippen LogP contribution in [0.15, 0.2) is 39.0 Å². The van der Waals surface area contributed by atoms with Crippen molar-refractivity contribution >= 4 is 23.3 Å². The zero-order valence-electron chi connectivity index (χ0n) is 12.6. The van der Waals surface area contributed by atoms with E-state index in [4.69, 9.17) is 16.2 Å². The Morgan fingerprint density at radius 1 is 1.26 bits per heavy atom. The number of rotatable bonds is 6. The summed E-state index contributed by atoms with van der Waals surface area (Å²) in [6.07, 6.45) is 2.57. The highest BCUT2D eigenvalue weighted by Crippen LogP contribution is 2.46. The first-order chi connectivity index (χ1) is 11.2. The number of hydrogen-bond acceptors (Lipinski definition) is 7. The van der Waals surface area contributed by atoms with Crippen LogP contribution < -0.4 is 27.2 Å². The largest absolute Gasteiger partial charge is 0.490 e. The molecule has 0 radical (unpaired) electrons. The van der Waals surface area contributed by atoms with Crippen molar-refractivity contribution in [3.05, 3.63) is 34.9 Å². The zero-order valence-corrected chi connectivity index (χ0v) is 13.4. The topological polar surface area (TPSA) is 108 Å². The van der Waals surface area contributed by atoms with Gasteiger partial charge in [-0.1, -0.05) is 17.8 Å². The predicted octanol–water partition coefficient (Wildman–Crippen LogP) is 1.14. The summed E-state index contributed by atoms with van der Waals surface area (Å²) in [6, 6.07) is 5.80. The molecule has 8 heteroatoms. The number of anilines is 2. The third-order valence-electron chi connectivity index (χ3n) is 3.39. The van der Waals surface area contributed by atoms with E-state index in [1.54, 1.807) is 16.3 Å². The number of aromatic nitrogens is 2. The third-order valence-corrected chi connectivity index (χ3v) is 4.47. The molecule has 1 aliphatic rings. The molecule has 0 spiro atoms. The minimum Gasteiger partial charge on any atom is -0.490 e. The van der Waals surface area contributed by atoms with Gasteiger partial charge in [0.2, 0.25) is 0 Å². The number of para-hydroxylation sites is 1. The third kappa shape index (κ3) is 3.34. The smallest absolute Gasteiger partial charge is 0.349 e. The second-order valence-corrected chi connectivity index (χ2v) is 6.15. The Balaban J connectivity index is 1.92. The summed E-state index contributed by atoms with van der Waals surface area (Å²) in [7, 11) is 0. The van der Waals surface area contributed by atoms with Crippen molar-refractivity contribution in [2.75, 3.05) is 25.0 Å². The number of benzene rings is 1. The molecule has 1 aromatic heterocycles. The van der Waals surface area contributed by atoms with Crippen molar-refractivity contribution in [1.82, 2.24) is 9.55 Å². The van der Waals surface area contributed by atoms with E-state index in [9.17, 15) is 4.79 Å². The average molecular weight is 333 g/mol. The van der Waals surface area contributed by atoms with Gasteiger partial charge in [0.05, 0.1) is 10.6 Å². The second-order valence-electron chi connectivity index (χ2n) is 5.07. The lowest BCUT2D eigenvalue weighted by atomic mass is 10.3. The SMILES string of the molecule is NCCCn1cc2c(nc1=O)Nc1c(OCCN)cccc1S2. The van der Waals surface area contributed by atoms with E-state index in [-0.39, 0.29) is 5.69 Å². The summed E-state index contributed by atoms with van der Waals surface area (Å²) in [5, 5.41) is 3.21. The molecule has 0 atom stereocenters. The van der Waals surface area contributed by atoms with Gasteiger partial charge in [0.15, 0.2) is 5.82 Å². The van der Waals surface area contributed by atoms with Crippen LogP contribution in [-0.4, -0.2) is 29.2 Å². The number of nitrogens with two attached hydrogens (primary N) is 2. The fourth-order valence-electron chi connectivity index (χ4n) is 2.30. The van der Waals surface area contributed by atoms with Gasteiger partial charge in [-0.15, -0.1) is 0 Å². The van der Waals surface area contributed by atoms with Gasteiger partial charge < -0.3 is 21.5 Å². The van der Waals surface area contributed by atoms with Gasteiger partial charge in [-0.3, -0.25) is 4.57 Å². The van der Waals surface area contributed by atoms with Crippen LogP contribution in [0, 0.1) is 0 Å². The number of nitrogens with zero attached hydrogens (tertiary/aromatic N) is 2. The minimum absolute atomic E-state index is 0.283. The van der Waals surface area contributed by atoms with Gasteiger partial charge in [-0.05, 0) is 25.1 Å². The summed E-state index contributed by atoms with van der Waals surface area (Å²) in [4.78, 5) is 18.2. The van der Waals surface area contributed by atoms with E-state index >= 15 is 0 Å². The lowest BCUT2D eigenvalue weighted by molar-refractivity contribution is 0.329. The van der Waals surface area contributed by atoms with Crippen molar-refractivity contribution in [3.63, 3.8) is 0 Å². The molecule has 0 saturated heterocycles. The van der Waals surface area contributed by atoms with Crippen molar-refractivity contribution in [3.8, 4) is 5.75 Å². The Kier molecular flexibility index (Phi) is 4.85. The highest BCUT2D eigenvalue weighted by atomic mass is 32.2. The highest BCUT2D eigenvalue weighted by molar-refractivity contribution is 7.99. The number of ether oxygens (including phenoxy) is 1. The summed E-state index contributed by atoms with van der Waals surface area (Å²) < 4.78 is 7.25. The minimum atomic E-state index is -0.283. The Bertz CT molecular complexity index is 762. The second kappa shape index (κ2) is 7.03. The van der Waals surface area contributed by atoms with Gasteiger partial charge in [0, 0.05) is 24.2 Å². The molecule has 7 nitrogen and oxygen atoms in total. The first-order valence-corrected chi connectivity index (χ1v) is 8.27. The van der Waals surface area contributed by atoms with E-state index in [1.165, 1.54) is 0 Å². The van der Waals surface area contributed by atoms with Gasteiger partial charge in [0.25, 0.3) is 0 Å². The number of fused-ring (bicyclic) bond motifs is 2. The summed E-state index contributed by atoms with van der Waals surface area (Å²) in [6.45, 7) is 1.99. The van der Waals surface area contributed by atoms with Crippen LogP contribution >= 0.6 is 11.8 Å². The Morgan fingerprint density at radius 2 is 2.13 bits per heavy atom. The van der Waals surface area contributed by atoms with Crippen LogP contribution in [0.3, 0.4) is 0 Å². The van der Waals surface area contributed by atoms with Crippen molar-refractivity contribution in [2.24, 2.45) is 11.5 Å². The molecule has 3 rings (SSSR count). The molecule has 0 bridgehead atoms. The van der Waals surface area contributed by atoms with Crippen LogP contribution in [0.4, 0.5) is 11.5 Å². The Hall–Kier alpha value is -2.03. The molecule has 2 aromatic rings. The molecule has 0 amide bonds. The number of aryl methyl sites for hydroxylation is 1. The lowest BCUT2D eigenvalue weighted by Crippen LogP contribution is -2.25. The van der Waals surface area contributed by atoms with Gasteiger partial charge >= 0.3 is 5.69 Å². The molecule has 1 aliphatic heterocycles. The summed E-state index contributed by atoms with van der Waals surface area (Å²) in [5.41, 5.74) is 11.5. The molecular weight excluding hydrogens is 314 g/mol. The fourth-order valence-corrected chi connectivity index (χ4v) is 3.31. The first kappa shape index (κ1) is 15.9. The molecule has 2 heterocycles. The van der Waals surface area contributed by atoms with Crippen LogP contribution in [0.5, 0.6) is 5.75 Å². The van der Waals surface area contributed by atoms with Crippen LogP contribution in [-0.2, 0) is 6.54 Å². The monoisotopic (exact) mass is 333 g/mol. The molecule has 0 aliphatic carbocycles. The Morgan fingerprint density at radius 3 is 2.91 bits per heavy atom. The van der Waals surface area contributed by atoms with E-state index in [1.807, 2.05) is 24.4 Å². The maximum absolute atomic E-state index is 12.1. The average Bonchev–Trinajstić information content (AvgIpc) is 2.56. The molecule has 0 fully saturated rings. The summed E-state index contributed by atoms with van der Waals surface area (Å²) >= 11 is 1.56. The van der Waals surface area contributed by atoms with Crippen LogP contribution in [0.25, 0.3) is 0 Å². The quantitative estimate of drug-likeness (QED) is 0.620. The molecule has 23 heavy (non-hydrogen) atoms. The zero-order chi connectivity index (χ0) is 16.2. The van der Waals surface area contributed by atoms with Crippen molar-refractivity contribution in [2.45, 2.75) is 22.8 Å². The van der Waals surface area contributed by atoms with E-state index in [0.29, 0.717) is 37.8 Å². The van der Waals surface area contributed by atoms with Crippen LogP contribution in [0.1, 0.15) is 6.42 Å². The maximum Gasteiger partial charge on any atom is 0.349 e. The maximum atomic E-state index is 12.1. The van der Waals surface area contributed by atoms with E-state index in [2.05, 4.69) is 10.3 Å². The standard InChI is InChI=1S/C15H19N5O2S/c16-5-2-7-20-9-12-14(19-15(20)21)18-13-10(22-8-6-17)3-1-4-11(13)23-12/h1,3-4,9H,2,5-8,16-17H2,(H,18,19,21). The van der Waals surface area contributed by atoms with Crippen LogP contribution in [0.2, 0.25) is 0 Å². The fraction of sp³-hybridized carbons (Fsp3) is 0.333. The van der Waals surface area contributed by atoms with Gasteiger partial charge in [-0.2, -0.15) is 4.98 Å². The summed E-state index contributed by atoms with van der Waals surface area (Å²) in [5.74, 6) is 1.26. The number of nitrogens with one attached hydrogen (secondary N) is 1. The molecule has 5 N–H and O–H groups in total. The lowest BCUT2D eigenvalue weighted by Gasteiger charge is -2.22. The van der Waals surface area contributed by atoms with Gasteiger partial charge in [-0.25, -0.2) is 4.79 Å². The molecule has 0 unspecified atom stereocenters. The normalized spacial score (nSPS) is 12.3. The molecular formula is C15H19N5O2S. The molecule has 122 valence electrons. The van der Waals surface area contributed by atoms with E-state index < -0.39 is 0 Å². The molecule has 1 aromatic carbocycles. The van der Waals surface area contributed by atoms with Crippen molar-refractivity contribution in [1.29, 1.82) is 0 Å². The highest BCUT2D eigenvalue weighted by Gasteiger charge is 2.21. The Labute approximate surface area is 138 Å². The molecule has 0 saturated carbocycles. The predicted molar refractivity (Wildman–Crippen MR) is 90.6 cm³/mol. The van der Waals surface area contributed by atoms with Gasteiger partial charge in [0.1, 0.15) is 12.4 Å². The number of hydrogen-bond donors (Lipinski definition) is 3. The first-order valence-electron chi connectivity index (χ1n) is 7.45.